The van der Waals surface area contributed by atoms with E-state index < -0.39 is 10.0 Å². The number of hydrogen-bond donors (Lipinski definition) is 2. The van der Waals surface area contributed by atoms with E-state index in [1.807, 2.05) is 12.1 Å². The van der Waals surface area contributed by atoms with Crippen LogP contribution >= 0.6 is 0 Å². The standard InChI is InChI=1S/C21H37N5O3S/c1-3-25-13-5-7-19(25)17-23-21(22-12-9-20-8-6-16-29-20)24-18-10-14-26(15-11-18)30(27,28)4-2/h6,8,16,18-19H,3-5,7,9-15,17H2,1-2H3,(H2,22,23,24). The number of nitrogens with one attached hydrogen (secondary N) is 2. The Hall–Kier alpha value is -1.58. The molecule has 1 aromatic heterocycles. The Labute approximate surface area is 181 Å². The van der Waals surface area contributed by atoms with Gasteiger partial charge in [-0.3, -0.25) is 9.89 Å². The van der Waals surface area contributed by atoms with E-state index in [2.05, 4.69) is 22.5 Å². The van der Waals surface area contributed by atoms with Crippen LogP contribution in [-0.2, 0) is 16.4 Å². The minimum atomic E-state index is -3.10. The molecule has 0 spiro atoms. The average Bonchev–Trinajstić information content (AvgIpc) is 3.44. The van der Waals surface area contributed by atoms with Crippen LogP contribution in [0.15, 0.2) is 27.8 Å². The lowest BCUT2D eigenvalue weighted by Gasteiger charge is -2.32. The van der Waals surface area contributed by atoms with E-state index in [9.17, 15) is 8.42 Å². The van der Waals surface area contributed by atoms with Crippen molar-refractivity contribution in [2.24, 2.45) is 4.99 Å². The number of hydrogen-bond acceptors (Lipinski definition) is 5. The number of furan rings is 1. The fourth-order valence-corrected chi connectivity index (χ4v) is 5.41. The molecule has 1 aromatic rings. The molecule has 2 aliphatic heterocycles. The molecule has 3 rings (SSSR count). The largest absolute Gasteiger partial charge is 0.469 e. The zero-order chi connectivity index (χ0) is 21.4. The van der Waals surface area contributed by atoms with Crippen molar-refractivity contribution in [1.29, 1.82) is 0 Å². The van der Waals surface area contributed by atoms with Crippen molar-refractivity contribution in [3.63, 3.8) is 0 Å². The van der Waals surface area contributed by atoms with Gasteiger partial charge in [0, 0.05) is 38.1 Å². The lowest BCUT2D eigenvalue weighted by molar-refractivity contribution is 0.272. The van der Waals surface area contributed by atoms with Crippen molar-refractivity contribution < 1.29 is 12.8 Å². The molecular formula is C21H37N5O3S. The second-order valence-corrected chi connectivity index (χ2v) is 10.3. The highest BCUT2D eigenvalue weighted by Gasteiger charge is 2.27. The third kappa shape index (κ3) is 6.46. The highest BCUT2D eigenvalue weighted by atomic mass is 32.2. The van der Waals surface area contributed by atoms with Gasteiger partial charge in [0.2, 0.25) is 10.0 Å². The van der Waals surface area contributed by atoms with Gasteiger partial charge in [0.05, 0.1) is 18.6 Å². The third-order valence-electron chi connectivity index (χ3n) is 6.16. The van der Waals surface area contributed by atoms with Crippen LogP contribution in [0.4, 0.5) is 0 Å². The number of piperidine rings is 1. The Bertz CT molecular complexity index is 758. The summed E-state index contributed by atoms with van der Waals surface area (Å²) in [6, 6.07) is 4.62. The van der Waals surface area contributed by atoms with Crippen LogP contribution in [-0.4, -0.2) is 80.7 Å². The number of aliphatic imine (C=N–C) groups is 1. The van der Waals surface area contributed by atoms with E-state index in [0.29, 0.717) is 19.1 Å². The van der Waals surface area contributed by atoms with E-state index in [1.165, 1.54) is 12.8 Å². The number of nitrogens with zero attached hydrogens (tertiary/aromatic N) is 3. The molecule has 2 N–H and O–H groups in total. The molecule has 9 heteroatoms. The summed E-state index contributed by atoms with van der Waals surface area (Å²) in [7, 11) is -3.10. The lowest BCUT2D eigenvalue weighted by Crippen LogP contribution is -2.50. The Morgan fingerprint density at radius 1 is 1.23 bits per heavy atom. The number of likely N-dealkylation sites (tertiary alicyclic amines) is 1. The van der Waals surface area contributed by atoms with E-state index in [4.69, 9.17) is 9.41 Å². The van der Waals surface area contributed by atoms with Crippen molar-refractivity contribution in [3.05, 3.63) is 24.2 Å². The van der Waals surface area contributed by atoms with Gasteiger partial charge in [0.25, 0.3) is 0 Å². The molecule has 1 unspecified atom stereocenters. The monoisotopic (exact) mass is 439 g/mol. The molecule has 2 fully saturated rings. The number of rotatable bonds is 9. The highest BCUT2D eigenvalue weighted by Crippen LogP contribution is 2.17. The normalized spacial score (nSPS) is 22.5. The van der Waals surface area contributed by atoms with Crippen molar-refractivity contribution in [3.8, 4) is 0 Å². The molecule has 2 saturated heterocycles. The predicted octanol–water partition coefficient (Wildman–Crippen LogP) is 1.66. The average molecular weight is 440 g/mol. The molecule has 8 nitrogen and oxygen atoms in total. The summed E-state index contributed by atoms with van der Waals surface area (Å²) >= 11 is 0. The minimum Gasteiger partial charge on any atom is -0.469 e. The minimum absolute atomic E-state index is 0.168. The molecule has 0 saturated carbocycles. The molecule has 0 bridgehead atoms. The zero-order valence-corrected chi connectivity index (χ0v) is 19.2. The summed E-state index contributed by atoms with van der Waals surface area (Å²) < 4.78 is 31.2. The Kier molecular flexibility index (Phi) is 8.59. The molecule has 1 atom stereocenters. The third-order valence-corrected chi connectivity index (χ3v) is 8.04. The molecule has 0 aliphatic carbocycles. The van der Waals surface area contributed by atoms with Crippen LogP contribution in [0.25, 0.3) is 0 Å². The van der Waals surface area contributed by atoms with Gasteiger partial charge in [-0.1, -0.05) is 6.92 Å². The van der Waals surface area contributed by atoms with Gasteiger partial charge in [0.1, 0.15) is 5.76 Å². The van der Waals surface area contributed by atoms with Gasteiger partial charge >= 0.3 is 0 Å². The number of likely N-dealkylation sites (N-methyl/N-ethyl adjacent to an activating group) is 1. The zero-order valence-electron chi connectivity index (χ0n) is 18.3. The molecule has 2 aliphatic rings. The first-order valence-electron chi connectivity index (χ1n) is 11.3. The maximum Gasteiger partial charge on any atom is 0.213 e. The second kappa shape index (κ2) is 11.2. The van der Waals surface area contributed by atoms with E-state index in [0.717, 1.165) is 57.2 Å². The van der Waals surface area contributed by atoms with E-state index in [-0.39, 0.29) is 11.8 Å². The Balaban J connectivity index is 1.55. The smallest absolute Gasteiger partial charge is 0.213 e. The van der Waals surface area contributed by atoms with E-state index in [1.54, 1.807) is 17.5 Å². The first kappa shape index (κ1) is 23.1. The second-order valence-electron chi connectivity index (χ2n) is 8.09. The lowest BCUT2D eigenvalue weighted by atomic mass is 10.1. The summed E-state index contributed by atoms with van der Waals surface area (Å²) in [4.78, 5) is 7.39. The Morgan fingerprint density at radius 3 is 2.70 bits per heavy atom. The van der Waals surface area contributed by atoms with Gasteiger partial charge in [0.15, 0.2) is 5.96 Å². The van der Waals surface area contributed by atoms with Gasteiger partial charge in [-0.25, -0.2) is 12.7 Å². The molecule has 30 heavy (non-hydrogen) atoms. The molecule has 0 amide bonds. The summed E-state index contributed by atoms with van der Waals surface area (Å²) in [6.45, 7) is 8.81. The van der Waals surface area contributed by atoms with Crippen LogP contribution in [0.3, 0.4) is 0 Å². The van der Waals surface area contributed by atoms with Crippen molar-refractivity contribution >= 4 is 16.0 Å². The first-order chi connectivity index (χ1) is 14.5. The first-order valence-corrected chi connectivity index (χ1v) is 12.9. The molecular weight excluding hydrogens is 402 g/mol. The summed E-state index contributed by atoms with van der Waals surface area (Å²) in [5.41, 5.74) is 0. The molecule has 170 valence electrons. The number of sulfonamides is 1. The van der Waals surface area contributed by atoms with Crippen molar-refractivity contribution in [1.82, 2.24) is 19.8 Å². The molecule has 3 heterocycles. The number of guanidine groups is 1. The van der Waals surface area contributed by atoms with Crippen LogP contribution in [0.2, 0.25) is 0 Å². The topological polar surface area (TPSA) is 90.2 Å². The maximum atomic E-state index is 12.1. The van der Waals surface area contributed by atoms with Crippen molar-refractivity contribution in [2.45, 2.75) is 58.0 Å². The van der Waals surface area contributed by atoms with Gasteiger partial charge in [-0.05, 0) is 57.8 Å². The predicted molar refractivity (Wildman–Crippen MR) is 120 cm³/mol. The van der Waals surface area contributed by atoms with Crippen LogP contribution in [0, 0.1) is 0 Å². The van der Waals surface area contributed by atoms with Crippen LogP contribution in [0.5, 0.6) is 0 Å². The van der Waals surface area contributed by atoms with E-state index >= 15 is 0 Å². The fraction of sp³-hybridized carbons (Fsp3) is 0.762. The summed E-state index contributed by atoms with van der Waals surface area (Å²) in [6.07, 6.45) is 6.52. The van der Waals surface area contributed by atoms with Gasteiger partial charge in [-0.2, -0.15) is 0 Å². The van der Waals surface area contributed by atoms with Crippen molar-refractivity contribution in [2.75, 3.05) is 45.0 Å². The summed E-state index contributed by atoms with van der Waals surface area (Å²) in [5, 5.41) is 6.99. The highest BCUT2D eigenvalue weighted by molar-refractivity contribution is 7.89. The van der Waals surface area contributed by atoms with Crippen LogP contribution < -0.4 is 10.6 Å². The summed E-state index contributed by atoms with van der Waals surface area (Å²) in [5.74, 6) is 1.94. The molecule has 0 radical (unpaired) electrons. The fourth-order valence-electron chi connectivity index (χ4n) is 4.28. The molecule has 0 aromatic carbocycles. The van der Waals surface area contributed by atoms with Gasteiger partial charge in [-0.15, -0.1) is 0 Å². The quantitative estimate of drug-likeness (QED) is 0.449. The van der Waals surface area contributed by atoms with Crippen LogP contribution in [0.1, 0.15) is 45.3 Å². The van der Waals surface area contributed by atoms with Gasteiger partial charge < -0.3 is 15.1 Å². The maximum absolute atomic E-state index is 12.1. The Morgan fingerprint density at radius 2 is 2.03 bits per heavy atom. The SMILES string of the molecule is CCN1CCCC1CN=C(NCCc1ccco1)NC1CCN(S(=O)(=O)CC)CC1.